The summed E-state index contributed by atoms with van der Waals surface area (Å²) in [5.74, 6) is 0.959. The van der Waals surface area contributed by atoms with Gasteiger partial charge in [0.25, 0.3) is 0 Å². The molecule has 0 radical (unpaired) electrons. The molecule has 0 aliphatic rings. The van der Waals surface area contributed by atoms with Gasteiger partial charge in [-0.15, -0.1) is 0 Å². The van der Waals surface area contributed by atoms with Crippen LogP contribution < -0.4 is 0 Å². The first-order valence-electron chi connectivity index (χ1n) is 39.8. The summed E-state index contributed by atoms with van der Waals surface area (Å²) in [5, 5.41) is 10.6. The summed E-state index contributed by atoms with van der Waals surface area (Å²) >= 11 is 0. The number of esters is 4. The number of phosphoric acid groups is 2. The molecule has 0 spiro atoms. The molecule has 0 aliphatic heterocycles. The van der Waals surface area contributed by atoms with Crippen molar-refractivity contribution in [3.63, 3.8) is 0 Å². The van der Waals surface area contributed by atoms with Crippen molar-refractivity contribution in [3.8, 4) is 0 Å². The molecule has 0 aromatic rings. The van der Waals surface area contributed by atoms with E-state index in [4.69, 9.17) is 37.0 Å². The van der Waals surface area contributed by atoms with Gasteiger partial charge in [0.1, 0.15) is 19.3 Å². The molecule has 17 nitrogen and oxygen atoms in total. The van der Waals surface area contributed by atoms with E-state index in [1.165, 1.54) is 186 Å². The van der Waals surface area contributed by atoms with Crippen LogP contribution in [0.4, 0.5) is 0 Å². The van der Waals surface area contributed by atoms with E-state index in [1.807, 2.05) is 0 Å². The Morgan fingerprint density at radius 2 is 0.500 bits per heavy atom. The van der Waals surface area contributed by atoms with Crippen LogP contribution in [0.15, 0.2) is 0 Å². The van der Waals surface area contributed by atoms with E-state index in [9.17, 15) is 43.2 Å². The molecule has 0 heterocycles. The highest BCUT2D eigenvalue weighted by atomic mass is 31.2. The second-order valence-corrected chi connectivity index (χ2v) is 32.1. The van der Waals surface area contributed by atoms with Gasteiger partial charge in [0.15, 0.2) is 12.2 Å². The molecule has 19 heteroatoms. The molecule has 0 fully saturated rings. The summed E-state index contributed by atoms with van der Waals surface area (Å²) in [4.78, 5) is 72.8. The fourth-order valence-electron chi connectivity index (χ4n) is 11.7. The van der Waals surface area contributed by atoms with Gasteiger partial charge in [-0.05, 0) is 49.4 Å². The highest BCUT2D eigenvalue weighted by Crippen LogP contribution is 2.45. The van der Waals surface area contributed by atoms with Crippen molar-refractivity contribution >= 4 is 39.5 Å². The summed E-state index contributed by atoms with van der Waals surface area (Å²) in [7, 11) is -9.91. The first-order chi connectivity index (χ1) is 46.2. The summed E-state index contributed by atoms with van der Waals surface area (Å²) in [6.45, 7) is 14.2. The summed E-state index contributed by atoms with van der Waals surface area (Å²) < 4.78 is 68.5. The lowest BCUT2D eigenvalue weighted by Crippen LogP contribution is -2.30. The number of hydrogen-bond acceptors (Lipinski definition) is 15. The third kappa shape index (κ3) is 67.9. The van der Waals surface area contributed by atoms with Gasteiger partial charge in [-0.3, -0.25) is 37.3 Å². The summed E-state index contributed by atoms with van der Waals surface area (Å²) in [6, 6.07) is 0. The normalized spacial score (nSPS) is 14.7. The monoisotopic (exact) mass is 1410 g/mol. The van der Waals surface area contributed by atoms with E-state index in [-0.39, 0.29) is 25.7 Å². The number of phosphoric ester groups is 2. The number of ether oxygens (including phenoxy) is 4. The number of aliphatic hydroxyl groups is 1. The maximum atomic E-state index is 13.1. The van der Waals surface area contributed by atoms with Gasteiger partial charge in [-0.1, -0.05) is 338 Å². The minimum absolute atomic E-state index is 0.105. The predicted octanol–water partition coefficient (Wildman–Crippen LogP) is 22.4. The molecule has 4 unspecified atom stereocenters. The van der Waals surface area contributed by atoms with Crippen LogP contribution in [-0.4, -0.2) is 96.7 Å². The van der Waals surface area contributed by atoms with E-state index >= 15 is 0 Å². The molecule has 0 amide bonds. The van der Waals surface area contributed by atoms with Crippen LogP contribution in [0, 0.1) is 23.7 Å². The Kier molecular flexibility index (Phi) is 65.0. The lowest BCUT2D eigenvalue weighted by Gasteiger charge is -2.21. The van der Waals surface area contributed by atoms with Crippen LogP contribution in [0.1, 0.15) is 389 Å². The van der Waals surface area contributed by atoms with Crippen molar-refractivity contribution in [2.24, 2.45) is 23.7 Å². The van der Waals surface area contributed by atoms with Crippen molar-refractivity contribution in [1.82, 2.24) is 0 Å². The molecule has 0 saturated carbocycles. The molecule has 0 rings (SSSR count). The number of aliphatic hydroxyl groups excluding tert-OH is 1. The average Bonchev–Trinajstić information content (AvgIpc) is 1.27. The van der Waals surface area contributed by atoms with E-state index < -0.39 is 97.5 Å². The molecule has 570 valence electrons. The summed E-state index contributed by atoms with van der Waals surface area (Å²) in [5.41, 5.74) is 0. The van der Waals surface area contributed by atoms with Gasteiger partial charge in [0.2, 0.25) is 0 Å². The van der Waals surface area contributed by atoms with Gasteiger partial charge >= 0.3 is 39.5 Å². The van der Waals surface area contributed by atoms with Crippen LogP contribution in [-0.2, 0) is 65.4 Å². The van der Waals surface area contributed by atoms with Crippen LogP contribution in [0.5, 0.6) is 0 Å². The fraction of sp³-hybridized carbons (Fsp3) is 0.948. The van der Waals surface area contributed by atoms with Crippen LogP contribution in [0.3, 0.4) is 0 Å². The fourth-order valence-corrected chi connectivity index (χ4v) is 13.2. The highest BCUT2D eigenvalue weighted by molar-refractivity contribution is 7.47. The van der Waals surface area contributed by atoms with Crippen molar-refractivity contribution < 1.29 is 80.2 Å². The Labute approximate surface area is 588 Å². The third-order valence-electron chi connectivity index (χ3n) is 18.5. The van der Waals surface area contributed by atoms with Crippen LogP contribution >= 0.6 is 15.6 Å². The number of hydrogen-bond donors (Lipinski definition) is 3. The second-order valence-electron chi connectivity index (χ2n) is 29.2. The van der Waals surface area contributed by atoms with Crippen molar-refractivity contribution in [2.45, 2.75) is 408 Å². The predicted molar refractivity (Wildman–Crippen MR) is 391 cm³/mol. The Morgan fingerprint density at radius 3 is 0.740 bits per heavy atom. The molecule has 0 aromatic heterocycles. The minimum atomic E-state index is -4.96. The van der Waals surface area contributed by atoms with Crippen LogP contribution in [0.2, 0.25) is 0 Å². The third-order valence-corrected chi connectivity index (χ3v) is 20.4. The molecule has 7 atom stereocenters. The standard InChI is InChI=1S/C77H150O17P2/c1-9-69(7)55-47-39-31-27-28-32-41-49-57-74(79)87-63-72(93-76(81)59-51-43-33-25-20-18-16-14-12-11-13-15-17-19-23-29-37-45-53-67(3)4)65-91-95(83,84)89-61-71(78)62-90-96(85,86)92-66-73(64-88-75(80)58-50-42-36-35-40-48-56-70(8)10-2)94-77(82)60-52-44-34-26-22-21-24-30-38-46-54-68(5)6/h67-73,78H,9-66H2,1-8H3,(H,83,84)(H,85,86)/t69?,70?,71-,72-,73-/m1/s1. The smallest absolute Gasteiger partial charge is 0.462 e. The maximum Gasteiger partial charge on any atom is 0.472 e. The molecular weight excluding hydrogens is 1260 g/mol. The average molecular weight is 1410 g/mol. The topological polar surface area (TPSA) is 237 Å². The largest absolute Gasteiger partial charge is 0.472 e. The van der Waals surface area contributed by atoms with E-state index in [1.54, 1.807) is 0 Å². The Bertz CT molecular complexity index is 1890. The zero-order chi connectivity index (χ0) is 71.0. The Hall–Kier alpha value is -1.94. The molecule has 96 heavy (non-hydrogen) atoms. The van der Waals surface area contributed by atoms with E-state index in [2.05, 4.69) is 55.4 Å². The Balaban J connectivity index is 5.21. The zero-order valence-electron chi connectivity index (χ0n) is 63.0. The number of unbranched alkanes of at least 4 members (excludes halogenated alkanes) is 38. The van der Waals surface area contributed by atoms with Gasteiger partial charge < -0.3 is 33.8 Å². The van der Waals surface area contributed by atoms with Crippen molar-refractivity contribution in [1.29, 1.82) is 0 Å². The SMILES string of the molecule is CCC(C)CCCCCCCCCCC(=O)OC[C@H](COP(=O)(O)OC[C@@H](O)COP(=O)(O)OC[C@@H](COC(=O)CCCCCCCCC(C)CC)OC(=O)CCCCCCCCCCCCC(C)C)OC(=O)CCCCCCCCCCCCCCCCCCCCC(C)C. The first-order valence-corrected chi connectivity index (χ1v) is 42.8. The van der Waals surface area contributed by atoms with Crippen molar-refractivity contribution in [2.75, 3.05) is 39.6 Å². The lowest BCUT2D eigenvalue weighted by atomic mass is 9.99. The molecular formula is C77H150O17P2. The maximum absolute atomic E-state index is 13.1. The molecule has 0 aliphatic carbocycles. The van der Waals surface area contributed by atoms with Crippen molar-refractivity contribution in [3.05, 3.63) is 0 Å². The quantitative estimate of drug-likeness (QED) is 0.0222. The lowest BCUT2D eigenvalue weighted by molar-refractivity contribution is -0.161. The number of rotatable bonds is 74. The van der Waals surface area contributed by atoms with E-state index in [0.29, 0.717) is 25.7 Å². The molecule has 0 aromatic carbocycles. The second kappa shape index (κ2) is 66.3. The van der Waals surface area contributed by atoms with Gasteiger partial charge in [0, 0.05) is 25.7 Å². The first kappa shape index (κ1) is 94.1. The summed E-state index contributed by atoms with van der Waals surface area (Å²) in [6.07, 6.45) is 51.4. The van der Waals surface area contributed by atoms with Gasteiger partial charge in [0.05, 0.1) is 26.4 Å². The van der Waals surface area contributed by atoms with E-state index in [0.717, 1.165) is 120 Å². The Morgan fingerprint density at radius 1 is 0.292 bits per heavy atom. The van der Waals surface area contributed by atoms with Crippen LogP contribution in [0.25, 0.3) is 0 Å². The highest BCUT2D eigenvalue weighted by Gasteiger charge is 2.30. The van der Waals surface area contributed by atoms with Gasteiger partial charge in [-0.25, -0.2) is 9.13 Å². The minimum Gasteiger partial charge on any atom is -0.462 e. The zero-order valence-corrected chi connectivity index (χ0v) is 64.8. The number of carbonyl (C=O) groups excluding carboxylic acids is 4. The molecule has 3 N–H and O–H groups in total. The van der Waals surface area contributed by atoms with Gasteiger partial charge in [-0.2, -0.15) is 0 Å². The molecule has 0 saturated heterocycles. The number of carbonyl (C=O) groups is 4. The molecule has 0 bridgehead atoms.